The van der Waals surface area contributed by atoms with Gasteiger partial charge in [0.2, 0.25) is 15.9 Å². The number of halogens is 1. The van der Waals surface area contributed by atoms with Gasteiger partial charge in [0.1, 0.15) is 16.8 Å². The molecule has 0 aromatic heterocycles. The largest absolute Gasteiger partial charge is 0.310 e. The van der Waals surface area contributed by atoms with Crippen molar-refractivity contribution in [2.24, 2.45) is 0 Å². The highest BCUT2D eigenvalue weighted by atomic mass is 32.2. The second kappa shape index (κ2) is 6.81. The molecule has 0 saturated carbocycles. The molecule has 1 amide bonds. The van der Waals surface area contributed by atoms with Crippen molar-refractivity contribution in [3.05, 3.63) is 58.9 Å². The van der Waals surface area contributed by atoms with Gasteiger partial charge in [0.15, 0.2) is 0 Å². The number of sulfonamides is 1. The molecule has 26 heavy (non-hydrogen) atoms. The third-order valence-corrected chi connectivity index (χ3v) is 6.04. The van der Waals surface area contributed by atoms with E-state index in [-0.39, 0.29) is 5.91 Å². The topological polar surface area (TPSA) is 66.5 Å². The molecule has 1 unspecified atom stereocenters. The molecule has 0 spiro atoms. The van der Waals surface area contributed by atoms with E-state index in [4.69, 9.17) is 0 Å². The summed E-state index contributed by atoms with van der Waals surface area (Å²) in [6.07, 6.45) is 0.333. The SMILES string of the molecule is Cc1cc(C)c(N2CCC(NS(=O)(=O)c3ccccc3F)C2=O)c(C)c1. The summed E-state index contributed by atoms with van der Waals surface area (Å²) in [5.41, 5.74) is 3.85. The van der Waals surface area contributed by atoms with E-state index in [0.717, 1.165) is 28.4 Å². The van der Waals surface area contributed by atoms with Crippen molar-refractivity contribution >= 4 is 21.6 Å². The maximum atomic E-state index is 13.8. The Morgan fingerprint density at radius 3 is 2.35 bits per heavy atom. The number of carbonyl (C=O) groups excluding carboxylic acids is 1. The van der Waals surface area contributed by atoms with Crippen LogP contribution in [0.3, 0.4) is 0 Å². The summed E-state index contributed by atoms with van der Waals surface area (Å²) in [5, 5.41) is 0. The Labute approximate surface area is 152 Å². The van der Waals surface area contributed by atoms with E-state index in [2.05, 4.69) is 4.72 Å². The normalized spacial score (nSPS) is 17.8. The second-order valence-corrected chi connectivity index (χ2v) is 8.31. The lowest BCUT2D eigenvalue weighted by molar-refractivity contribution is -0.118. The molecule has 0 radical (unpaired) electrons. The number of hydrogen-bond acceptors (Lipinski definition) is 3. The number of carbonyl (C=O) groups is 1. The van der Waals surface area contributed by atoms with Gasteiger partial charge < -0.3 is 4.90 Å². The molecule has 1 saturated heterocycles. The van der Waals surface area contributed by atoms with Crippen LogP contribution in [0.5, 0.6) is 0 Å². The first-order chi connectivity index (χ1) is 12.2. The second-order valence-electron chi connectivity index (χ2n) is 6.63. The molecule has 0 bridgehead atoms. The number of amides is 1. The summed E-state index contributed by atoms with van der Waals surface area (Å²) < 4.78 is 41.1. The Hall–Kier alpha value is -2.25. The number of benzene rings is 2. The predicted molar refractivity (Wildman–Crippen MR) is 98.1 cm³/mol. The molecule has 1 N–H and O–H groups in total. The fraction of sp³-hybridized carbons (Fsp3) is 0.316. The summed E-state index contributed by atoms with van der Waals surface area (Å²) in [5.74, 6) is -1.16. The smallest absolute Gasteiger partial charge is 0.245 e. The fourth-order valence-electron chi connectivity index (χ4n) is 3.52. The molecule has 5 nitrogen and oxygen atoms in total. The highest BCUT2D eigenvalue weighted by Gasteiger charge is 2.37. The van der Waals surface area contributed by atoms with Gasteiger partial charge in [0.05, 0.1) is 0 Å². The molecule has 1 aliphatic rings. The Morgan fingerprint density at radius 2 is 1.73 bits per heavy atom. The van der Waals surface area contributed by atoms with Gasteiger partial charge in [-0.05, 0) is 50.5 Å². The first-order valence-electron chi connectivity index (χ1n) is 8.37. The number of aryl methyl sites for hydroxylation is 3. The van der Waals surface area contributed by atoms with Crippen LogP contribution in [0.4, 0.5) is 10.1 Å². The van der Waals surface area contributed by atoms with Gasteiger partial charge in [-0.3, -0.25) is 4.79 Å². The Kier molecular flexibility index (Phi) is 4.86. The lowest BCUT2D eigenvalue weighted by Crippen LogP contribution is -2.42. The monoisotopic (exact) mass is 376 g/mol. The number of nitrogens with one attached hydrogen (secondary N) is 1. The predicted octanol–water partition coefficient (Wildman–Crippen LogP) is 2.83. The van der Waals surface area contributed by atoms with E-state index >= 15 is 0 Å². The van der Waals surface area contributed by atoms with E-state index in [9.17, 15) is 17.6 Å². The van der Waals surface area contributed by atoms with E-state index in [1.165, 1.54) is 18.2 Å². The minimum absolute atomic E-state index is 0.319. The van der Waals surface area contributed by atoms with Gasteiger partial charge in [0.25, 0.3) is 0 Å². The first kappa shape index (κ1) is 18.5. The average molecular weight is 376 g/mol. The van der Waals surface area contributed by atoms with Crippen LogP contribution in [-0.4, -0.2) is 26.9 Å². The number of rotatable bonds is 4. The molecule has 1 aliphatic heterocycles. The van der Waals surface area contributed by atoms with E-state index in [1.54, 1.807) is 4.90 Å². The molecule has 0 aliphatic carbocycles. The minimum Gasteiger partial charge on any atom is -0.310 e. The number of hydrogen-bond donors (Lipinski definition) is 1. The number of anilines is 1. The van der Waals surface area contributed by atoms with Gasteiger partial charge in [-0.2, -0.15) is 4.72 Å². The molecular weight excluding hydrogens is 355 g/mol. The minimum atomic E-state index is -4.11. The summed E-state index contributed by atoms with van der Waals surface area (Å²) in [6.45, 7) is 6.26. The van der Waals surface area contributed by atoms with Gasteiger partial charge in [-0.1, -0.05) is 29.8 Å². The molecule has 7 heteroatoms. The Morgan fingerprint density at radius 1 is 1.12 bits per heavy atom. The molecule has 1 atom stereocenters. The molecular formula is C19H21FN2O3S. The summed E-state index contributed by atoms with van der Waals surface area (Å²) in [4.78, 5) is 14.0. The summed E-state index contributed by atoms with van der Waals surface area (Å²) >= 11 is 0. The van der Waals surface area contributed by atoms with Gasteiger partial charge in [0, 0.05) is 12.2 Å². The zero-order valence-corrected chi connectivity index (χ0v) is 15.7. The van der Waals surface area contributed by atoms with Crippen LogP contribution in [0.1, 0.15) is 23.1 Å². The highest BCUT2D eigenvalue weighted by molar-refractivity contribution is 7.89. The molecule has 2 aromatic carbocycles. The molecule has 2 aromatic rings. The quantitative estimate of drug-likeness (QED) is 0.892. The average Bonchev–Trinajstić information content (AvgIpc) is 2.87. The zero-order valence-electron chi connectivity index (χ0n) is 14.9. The lowest BCUT2D eigenvalue weighted by Gasteiger charge is -2.22. The molecule has 1 fully saturated rings. The van der Waals surface area contributed by atoms with Crippen molar-refractivity contribution in [1.29, 1.82) is 0 Å². The van der Waals surface area contributed by atoms with Gasteiger partial charge >= 0.3 is 0 Å². The molecule has 138 valence electrons. The lowest BCUT2D eigenvalue weighted by atomic mass is 10.0. The molecule has 3 rings (SSSR count). The maximum Gasteiger partial charge on any atom is 0.245 e. The van der Waals surface area contributed by atoms with E-state index in [0.29, 0.717) is 13.0 Å². The van der Waals surface area contributed by atoms with Gasteiger partial charge in [-0.15, -0.1) is 0 Å². The Balaban J connectivity index is 1.86. The van der Waals surface area contributed by atoms with Crippen LogP contribution < -0.4 is 9.62 Å². The van der Waals surface area contributed by atoms with Crippen molar-refractivity contribution in [3.8, 4) is 0 Å². The van der Waals surface area contributed by atoms with Crippen LogP contribution in [0.15, 0.2) is 41.3 Å². The van der Waals surface area contributed by atoms with Crippen LogP contribution in [0.2, 0.25) is 0 Å². The standard InChI is InChI=1S/C19H21FN2O3S/c1-12-10-13(2)18(14(3)11-12)22-9-8-16(19(22)23)21-26(24,25)17-7-5-4-6-15(17)20/h4-7,10-11,16,21H,8-9H2,1-3H3. The summed E-state index contributed by atoms with van der Waals surface area (Å²) in [7, 11) is -4.11. The van der Waals surface area contributed by atoms with Crippen LogP contribution in [0, 0.1) is 26.6 Å². The highest BCUT2D eigenvalue weighted by Crippen LogP contribution is 2.30. The van der Waals surface area contributed by atoms with E-state index < -0.39 is 26.8 Å². The van der Waals surface area contributed by atoms with Crippen molar-refractivity contribution in [1.82, 2.24) is 4.72 Å². The van der Waals surface area contributed by atoms with Gasteiger partial charge in [-0.25, -0.2) is 12.8 Å². The van der Waals surface area contributed by atoms with Crippen LogP contribution in [-0.2, 0) is 14.8 Å². The van der Waals surface area contributed by atoms with Crippen LogP contribution in [0.25, 0.3) is 0 Å². The zero-order chi connectivity index (χ0) is 19.1. The third kappa shape index (κ3) is 3.37. The van der Waals surface area contributed by atoms with Crippen LogP contribution >= 0.6 is 0 Å². The van der Waals surface area contributed by atoms with Crippen molar-refractivity contribution in [2.45, 2.75) is 38.1 Å². The Bertz CT molecular complexity index is 949. The third-order valence-electron chi connectivity index (χ3n) is 4.53. The van der Waals surface area contributed by atoms with Crippen molar-refractivity contribution < 1.29 is 17.6 Å². The summed E-state index contributed by atoms with van der Waals surface area (Å²) in [6, 6.07) is 8.21. The van der Waals surface area contributed by atoms with Crippen molar-refractivity contribution in [2.75, 3.05) is 11.4 Å². The first-order valence-corrected chi connectivity index (χ1v) is 9.85. The van der Waals surface area contributed by atoms with Crippen molar-refractivity contribution in [3.63, 3.8) is 0 Å². The fourth-order valence-corrected chi connectivity index (χ4v) is 4.83. The molecule has 1 heterocycles. The maximum absolute atomic E-state index is 13.8. The number of nitrogens with zero attached hydrogens (tertiary/aromatic N) is 1. The van der Waals surface area contributed by atoms with E-state index in [1.807, 2.05) is 32.9 Å².